The zero-order valence-electron chi connectivity index (χ0n) is 20.5. The fourth-order valence-corrected chi connectivity index (χ4v) is 4.19. The molecule has 1 aliphatic rings. The Labute approximate surface area is 205 Å². The number of ether oxygens (including phenoxy) is 4. The van der Waals surface area contributed by atoms with Crippen LogP contribution in [0.2, 0.25) is 0 Å². The summed E-state index contributed by atoms with van der Waals surface area (Å²) in [5.41, 5.74) is 2.40. The molecule has 1 saturated heterocycles. The largest absolute Gasteiger partial charge is 0.496 e. The first-order valence-electron chi connectivity index (χ1n) is 11.4. The van der Waals surface area contributed by atoms with E-state index in [1.165, 1.54) is 0 Å². The number of carbonyl (C=O) groups is 1. The van der Waals surface area contributed by atoms with E-state index in [1.54, 1.807) is 28.4 Å². The molecular formula is C26H30N4O5. The van der Waals surface area contributed by atoms with E-state index in [9.17, 15) is 4.79 Å². The summed E-state index contributed by atoms with van der Waals surface area (Å²) in [4.78, 5) is 16.9. The highest BCUT2D eigenvalue weighted by Crippen LogP contribution is 2.40. The molecule has 1 fully saturated rings. The fraction of sp³-hybridized carbons (Fsp3) is 0.346. The average Bonchev–Trinajstić information content (AvgIpc) is 2.92. The molecule has 2 heterocycles. The van der Waals surface area contributed by atoms with Crippen LogP contribution in [0.5, 0.6) is 23.0 Å². The maximum absolute atomic E-state index is 12.8. The van der Waals surface area contributed by atoms with E-state index < -0.39 is 0 Å². The molecule has 9 heteroatoms. The first-order valence-corrected chi connectivity index (χ1v) is 11.4. The van der Waals surface area contributed by atoms with E-state index in [0.717, 1.165) is 22.7 Å². The number of aromatic nitrogens is 2. The molecule has 0 N–H and O–H groups in total. The minimum atomic E-state index is 0.0954. The fourth-order valence-electron chi connectivity index (χ4n) is 4.19. The third-order valence-electron chi connectivity index (χ3n) is 6.10. The van der Waals surface area contributed by atoms with Crippen LogP contribution in [0.15, 0.2) is 48.5 Å². The Hall–Kier alpha value is -4.01. The lowest BCUT2D eigenvalue weighted by Gasteiger charge is -2.35. The number of carbonyl (C=O) groups excluding carboxylic acids is 1. The first kappa shape index (κ1) is 24.1. The van der Waals surface area contributed by atoms with Crippen LogP contribution in [-0.2, 0) is 11.2 Å². The first-order chi connectivity index (χ1) is 17.1. The lowest BCUT2D eigenvalue weighted by molar-refractivity contribution is -0.130. The van der Waals surface area contributed by atoms with Gasteiger partial charge < -0.3 is 28.7 Å². The van der Waals surface area contributed by atoms with Crippen molar-refractivity contribution in [1.82, 2.24) is 15.1 Å². The lowest BCUT2D eigenvalue weighted by Crippen LogP contribution is -2.49. The van der Waals surface area contributed by atoms with Crippen molar-refractivity contribution in [3.8, 4) is 34.3 Å². The maximum Gasteiger partial charge on any atom is 0.227 e. The van der Waals surface area contributed by atoms with Crippen LogP contribution in [0.25, 0.3) is 11.3 Å². The number of amides is 1. The van der Waals surface area contributed by atoms with Crippen LogP contribution >= 0.6 is 0 Å². The van der Waals surface area contributed by atoms with Gasteiger partial charge in [0.05, 0.1) is 40.6 Å². The summed E-state index contributed by atoms with van der Waals surface area (Å²) in [7, 11) is 6.35. The van der Waals surface area contributed by atoms with Crippen molar-refractivity contribution < 1.29 is 23.7 Å². The van der Waals surface area contributed by atoms with Gasteiger partial charge in [-0.2, -0.15) is 0 Å². The zero-order valence-corrected chi connectivity index (χ0v) is 20.5. The van der Waals surface area contributed by atoms with Gasteiger partial charge in [-0.05, 0) is 30.3 Å². The number of benzene rings is 2. The Morgan fingerprint density at radius 1 is 0.800 bits per heavy atom. The molecule has 4 rings (SSSR count). The van der Waals surface area contributed by atoms with Crippen LogP contribution < -0.4 is 23.8 Å². The molecule has 1 amide bonds. The highest BCUT2D eigenvalue weighted by Gasteiger charge is 2.23. The monoisotopic (exact) mass is 478 g/mol. The summed E-state index contributed by atoms with van der Waals surface area (Å²) < 4.78 is 21.6. The second-order valence-corrected chi connectivity index (χ2v) is 8.05. The molecule has 0 spiro atoms. The molecule has 1 aliphatic heterocycles. The van der Waals surface area contributed by atoms with Gasteiger partial charge in [0.15, 0.2) is 17.3 Å². The number of hydrogen-bond acceptors (Lipinski definition) is 8. The number of rotatable bonds is 8. The highest BCUT2D eigenvalue weighted by molar-refractivity contribution is 5.80. The molecule has 3 aromatic rings. The summed E-state index contributed by atoms with van der Waals surface area (Å²) in [5, 5.41) is 8.86. The summed E-state index contributed by atoms with van der Waals surface area (Å²) in [6.45, 7) is 2.64. The van der Waals surface area contributed by atoms with Gasteiger partial charge in [0, 0.05) is 37.3 Å². The van der Waals surface area contributed by atoms with E-state index >= 15 is 0 Å². The lowest BCUT2D eigenvalue weighted by atomic mass is 10.1. The molecule has 2 aromatic carbocycles. The minimum Gasteiger partial charge on any atom is -0.496 e. The maximum atomic E-state index is 12.8. The number of hydrogen-bond donors (Lipinski definition) is 0. The normalized spacial score (nSPS) is 13.4. The second kappa shape index (κ2) is 10.9. The summed E-state index contributed by atoms with van der Waals surface area (Å²) in [6, 6.07) is 15.2. The summed E-state index contributed by atoms with van der Waals surface area (Å²) >= 11 is 0. The van der Waals surface area contributed by atoms with Gasteiger partial charge in [-0.3, -0.25) is 4.79 Å². The number of piperazine rings is 1. The van der Waals surface area contributed by atoms with Crippen molar-refractivity contribution in [3.63, 3.8) is 0 Å². The molecule has 0 radical (unpaired) electrons. The molecule has 9 nitrogen and oxygen atoms in total. The van der Waals surface area contributed by atoms with Crippen molar-refractivity contribution in [3.05, 3.63) is 54.1 Å². The highest BCUT2D eigenvalue weighted by atomic mass is 16.5. The average molecular weight is 479 g/mol. The second-order valence-electron chi connectivity index (χ2n) is 8.05. The van der Waals surface area contributed by atoms with Crippen molar-refractivity contribution in [2.75, 3.05) is 59.5 Å². The molecule has 1 aromatic heterocycles. The smallest absolute Gasteiger partial charge is 0.227 e. The van der Waals surface area contributed by atoms with Gasteiger partial charge in [-0.25, -0.2) is 0 Å². The molecule has 35 heavy (non-hydrogen) atoms. The number of anilines is 1. The van der Waals surface area contributed by atoms with Crippen molar-refractivity contribution in [1.29, 1.82) is 0 Å². The molecule has 0 bridgehead atoms. The molecule has 0 saturated carbocycles. The standard InChI is InChI=1S/C26H30N4O5/c1-32-21-8-6-5-7-18(21)17-25(31)30-13-11-29(12-14-30)24-10-9-20(27-28-24)19-15-22(33-2)26(35-4)23(16-19)34-3/h5-10,15-16H,11-14,17H2,1-4H3. The molecular weight excluding hydrogens is 448 g/mol. The third kappa shape index (κ3) is 5.24. The van der Waals surface area contributed by atoms with Crippen LogP contribution in [0.4, 0.5) is 5.82 Å². The third-order valence-corrected chi connectivity index (χ3v) is 6.10. The van der Waals surface area contributed by atoms with Crippen LogP contribution in [0, 0.1) is 0 Å². The van der Waals surface area contributed by atoms with E-state index in [0.29, 0.717) is 55.5 Å². The van der Waals surface area contributed by atoms with Gasteiger partial charge in [0.1, 0.15) is 5.75 Å². The summed E-state index contributed by atoms with van der Waals surface area (Å²) in [5.74, 6) is 3.25. The van der Waals surface area contributed by atoms with Crippen LogP contribution in [0.3, 0.4) is 0 Å². The predicted molar refractivity (Wildman–Crippen MR) is 133 cm³/mol. The number of para-hydroxylation sites is 1. The minimum absolute atomic E-state index is 0.0954. The van der Waals surface area contributed by atoms with Crippen molar-refractivity contribution in [2.45, 2.75) is 6.42 Å². The van der Waals surface area contributed by atoms with Crippen molar-refractivity contribution >= 4 is 11.7 Å². The van der Waals surface area contributed by atoms with Gasteiger partial charge in [0.2, 0.25) is 11.7 Å². The Kier molecular flexibility index (Phi) is 7.54. The topological polar surface area (TPSA) is 86.3 Å². The van der Waals surface area contributed by atoms with Gasteiger partial charge in [0.25, 0.3) is 0 Å². The van der Waals surface area contributed by atoms with Gasteiger partial charge in [-0.15, -0.1) is 10.2 Å². The Balaban J connectivity index is 1.40. The predicted octanol–water partition coefficient (Wildman–Crippen LogP) is 3.07. The Morgan fingerprint density at radius 3 is 2.03 bits per heavy atom. The Morgan fingerprint density at radius 2 is 1.46 bits per heavy atom. The van der Waals surface area contributed by atoms with Gasteiger partial charge in [-0.1, -0.05) is 18.2 Å². The molecule has 184 valence electrons. The van der Waals surface area contributed by atoms with E-state index in [1.807, 2.05) is 53.4 Å². The van der Waals surface area contributed by atoms with E-state index in [4.69, 9.17) is 18.9 Å². The molecule has 0 aliphatic carbocycles. The molecule has 0 unspecified atom stereocenters. The van der Waals surface area contributed by atoms with Crippen LogP contribution in [-0.4, -0.2) is 75.6 Å². The van der Waals surface area contributed by atoms with Gasteiger partial charge >= 0.3 is 0 Å². The van der Waals surface area contributed by atoms with Crippen molar-refractivity contribution in [2.24, 2.45) is 0 Å². The zero-order chi connectivity index (χ0) is 24.8. The van der Waals surface area contributed by atoms with E-state index in [-0.39, 0.29) is 5.91 Å². The number of methoxy groups -OCH3 is 4. The molecule has 0 atom stereocenters. The summed E-state index contributed by atoms with van der Waals surface area (Å²) in [6.07, 6.45) is 0.327. The Bertz CT molecular complexity index is 1140. The van der Waals surface area contributed by atoms with E-state index in [2.05, 4.69) is 15.1 Å². The quantitative estimate of drug-likeness (QED) is 0.488. The number of nitrogens with zero attached hydrogens (tertiary/aromatic N) is 4. The van der Waals surface area contributed by atoms with Crippen LogP contribution in [0.1, 0.15) is 5.56 Å². The SMILES string of the molecule is COc1ccccc1CC(=O)N1CCN(c2ccc(-c3cc(OC)c(OC)c(OC)c3)nn2)CC1.